The van der Waals surface area contributed by atoms with E-state index in [-0.39, 0.29) is 22.9 Å². The summed E-state index contributed by atoms with van der Waals surface area (Å²) >= 11 is 0. The highest BCUT2D eigenvalue weighted by atomic mass is 16.7. The van der Waals surface area contributed by atoms with Gasteiger partial charge >= 0.3 is 0 Å². The van der Waals surface area contributed by atoms with E-state index in [2.05, 4.69) is 15.5 Å². The number of nitrogens with one attached hydrogen (secondary N) is 1. The summed E-state index contributed by atoms with van der Waals surface area (Å²) in [5, 5.41) is 6.30. The predicted molar refractivity (Wildman–Crippen MR) is 101 cm³/mol. The van der Waals surface area contributed by atoms with Crippen LogP contribution in [0.1, 0.15) is 15.9 Å². The normalized spacial score (nSPS) is 15.2. The quantitative estimate of drug-likeness (QED) is 0.658. The van der Waals surface area contributed by atoms with E-state index >= 15 is 0 Å². The van der Waals surface area contributed by atoms with E-state index in [9.17, 15) is 9.59 Å². The standard InChI is InChI=1S/C20H16N4O5/c21-18(25)16-17(13-6-8-22-9-7-13)24-29-20(16)23-19(26)14-11-27-15(28-14)10-12-4-2-1-3-5-12/h1-9,11,15H,10H2,(H2,21,25)(H,23,26). The maximum absolute atomic E-state index is 12.5. The second-order valence-corrected chi connectivity index (χ2v) is 6.14. The highest BCUT2D eigenvalue weighted by molar-refractivity contribution is 6.08. The molecule has 2 amide bonds. The molecule has 1 unspecified atom stereocenters. The molecule has 0 saturated heterocycles. The van der Waals surface area contributed by atoms with Crippen molar-refractivity contribution in [2.24, 2.45) is 5.73 Å². The largest absolute Gasteiger partial charge is 0.458 e. The number of primary amides is 1. The number of anilines is 1. The minimum Gasteiger partial charge on any atom is -0.458 e. The highest BCUT2D eigenvalue weighted by Crippen LogP contribution is 2.29. The van der Waals surface area contributed by atoms with E-state index < -0.39 is 18.1 Å². The molecule has 1 aliphatic rings. The summed E-state index contributed by atoms with van der Waals surface area (Å²) in [6, 6.07) is 12.9. The van der Waals surface area contributed by atoms with Gasteiger partial charge in [0, 0.05) is 24.4 Å². The summed E-state index contributed by atoms with van der Waals surface area (Å²) in [5.41, 5.74) is 7.18. The van der Waals surface area contributed by atoms with Crippen LogP contribution in [0, 0.1) is 0 Å². The lowest BCUT2D eigenvalue weighted by molar-refractivity contribution is -0.118. The van der Waals surface area contributed by atoms with Gasteiger partial charge in [0.05, 0.1) is 0 Å². The van der Waals surface area contributed by atoms with Crippen LogP contribution in [0.25, 0.3) is 11.3 Å². The second kappa shape index (κ2) is 7.85. The van der Waals surface area contributed by atoms with Crippen molar-refractivity contribution in [3.05, 3.63) is 78.0 Å². The summed E-state index contributed by atoms with van der Waals surface area (Å²) < 4.78 is 16.1. The molecule has 0 fully saturated rings. The van der Waals surface area contributed by atoms with Gasteiger partial charge in [0.15, 0.2) is 0 Å². The number of rotatable bonds is 6. The Kier molecular flexibility index (Phi) is 4.93. The monoisotopic (exact) mass is 392 g/mol. The summed E-state index contributed by atoms with van der Waals surface area (Å²) in [4.78, 5) is 28.3. The Morgan fingerprint density at radius 3 is 2.59 bits per heavy atom. The third kappa shape index (κ3) is 3.93. The molecule has 2 aromatic heterocycles. The number of carbonyl (C=O) groups is 2. The molecule has 1 aliphatic heterocycles. The van der Waals surface area contributed by atoms with Gasteiger partial charge < -0.3 is 19.7 Å². The number of hydrogen-bond acceptors (Lipinski definition) is 7. The Morgan fingerprint density at radius 2 is 1.86 bits per heavy atom. The average molecular weight is 392 g/mol. The average Bonchev–Trinajstić information content (AvgIpc) is 3.37. The van der Waals surface area contributed by atoms with Crippen LogP contribution in [-0.4, -0.2) is 28.2 Å². The Labute approximate surface area is 165 Å². The molecular formula is C20H16N4O5. The van der Waals surface area contributed by atoms with E-state index in [1.807, 2.05) is 30.3 Å². The van der Waals surface area contributed by atoms with E-state index in [1.54, 1.807) is 12.1 Å². The predicted octanol–water partition coefficient (Wildman–Crippen LogP) is 2.23. The number of nitrogens with two attached hydrogens (primary N) is 1. The number of carbonyl (C=O) groups excluding carboxylic acids is 2. The maximum atomic E-state index is 12.5. The van der Waals surface area contributed by atoms with Crippen molar-refractivity contribution in [1.29, 1.82) is 0 Å². The molecule has 0 saturated carbocycles. The van der Waals surface area contributed by atoms with E-state index in [4.69, 9.17) is 19.7 Å². The Morgan fingerprint density at radius 1 is 1.10 bits per heavy atom. The van der Waals surface area contributed by atoms with Gasteiger partial charge in [0.25, 0.3) is 11.8 Å². The lowest BCUT2D eigenvalue weighted by atomic mass is 10.1. The van der Waals surface area contributed by atoms with Crippen LogP contribution in [0.3, 0.4) is 0 Å². The molecule has 1 aromatic carbocycles. The van der Waals surface area contributed by atoms with Crippen LogP contribution in [0.15, 0.2) is 71.4 Å². The van der Waals surface area contributed by atoms with Crippen LogP contribution >= 0.6 is 0 Å². The smallest absolute Gasteiger partial charge is 0.296 e. The summed E-state index contributed by atoms with van der Waals surface area (Å²) in [6.07, 6.45) is 4.13. The molecule has 1 atom stereocenters. The first kappa shape index (κ1) is 18.2. The van der Waals surface area contributed by atoms with Gasteiger partial charge in [-0.3, -0.25) is 19.9 Å². The van der Waals surface area contributed by atoms with Gasteiger partial charge in [0.2, 0.25) is 17.9 Å². The van der Waals surface area contributed by atoms with E-state index in [1.165, 1.54) is 18.7 Å². The molecule has 3 heterocycles. The van der Waals surface area contributed by atoms with Gasteiger partial charge in [-0.25, -0.2) is 0 Å². The fourth-order valence-electron chi connectivity index (χ4n) is 2.81. The fraction of sp³-hybridized carbons (Fsp3) is 0.100. The summed E-state index contributed by atoms with van der Waals surface area (Å²) in [6.45, 7) is 0. The van der Waals surface area contributed by atoms with Crippen LogP contribution in [0.2, 0.25) is 0 Å². The Hall–Kier alpha value is -4.14. The van der Waals surface area contributed by atoms with Gasteiger partial charge in [-0.15, -0.1) is 0 Å². The van der Waals surface area contributed by atoms with Crippen LogP contribution in [0.5, 0.6) is 0 Å². The second-order valence-electron chi connectivity index (χ2n) is 6.14. The molecule has 29 heavy (non-hydrogen) atoms. The van der Waals surface area contributed by atoms with Crippen LogP contribution < -0.4 is 11.1 Å². The molecule has 146 valence electrons. The lowest BCUT2D eigenvalue weighted by Crippen LogP contribution is -2.20. The molecule has 0 aliphatic carbocycles. The molecule has 0 bridgehead atoms. The lowest BCUT2D eigenvalue weighted by Gasteiger charge is -2.11. The number of ether oxygens (including phenoxy) is 2. The number of aromatic nitrogens is 2. The molecule has 4 rings (SSSR count). The zero-order chi connectivity index (χ0) is 20.2. The van der Waals surface area contributed by atoms with Crippen molar-refractivity contribution in [2.45, 2.75) is 12.7 Å². The molecule has 0 radical (unpaired) electrons. The number of pyridine rings is 1. The molecule has 3 aromatic rings. The van der Waals surface area contributed by atoms with Crippen molar-refractivity contribution in [2.75, 3.05) is 5.32 Å². The fourth-order valence-corrected chi connectivity index (χ4v) is 2.81. The van der Waals surface area contributed by atoms with Crippen LogP contribution in [-0.2, 0) is 20.7 Å². The first-order valence-electron chi connectivity index (χ1n) is 8.69. The zero-order valence-corrected chi connectivity index (χ0v) is 15.1. The number of amides is 2. The van der Waals surface area contributed by atoms with Crippen molar-refractivity contribution in [3.8, 4) is 11.3 Å². The molecular weight excluding hydrogens is 376 g/mol. The van der Waals surface area contributed by atoms with Crippen LogP contribution in [0.4, 0.5) is 5.88 Å². The van der Waals surface area contributed by atoms with Gasteiger partial charge in [0.1, 0.15) is 17.5 Å². The first-order chi connectivity index (χ1) is 14.1. The van der Waals surface area contributed by atoms with E-state index in [0.717, 1.165) is 5.56 Å². The van der Waals surface area contributed by atoms with E-state index in [0.29, 0.717) is 12.0 Å². The molecule has 9 nitrogen and oxygen atoms in total. The molecule has 0 spiro atoms. The minimum atomic E-state index is -0.798. The van der Waals surface area contributed by atoms with Crippen molar-refractivity contribution in [1.82, 2.24) is 10.1 Å². The molecule has 3 N–H and O–H groups in total. The third-order valence-corrected chi connectivity index (χ3v) is 4.17. The minimum absolute atomic E-state index is 0.0510. The van der Waals surface area contributed by atoms with Crippen molar-refractivity contribution < 1.29 is 23.6 Å². The maximum Gasteiger partial charge on any atom is 0.296 e. The Bertz CT molecular complexity index is 1060. The first-order valence-corrected chi connectivity index (χ1v) is 8.69. The van der Waals surface area contributed by atoms with Crippen molar-refractivity contribution in [3.63, 3.8) is 0 Å². The number of nitrogens with zero attached hydrogens (tertiary/aromatic N) is 2. The SMILES string of the molecule is NC(=O)c1c(-c2ccncc2)noc1NC(=O)C1=COC(Cc2ccccc2)O1. The highest BCUT2D eigenvalue weighted by Gasteiger charge is 2.29. The van der Waals surface area contributed by atoms with Gasteiger partial charge in [-0.2, -0.15) is 0 Å². The number of benzene rings is 1. The third-order valence-electron chi connectivity index (χ3n) is 4.17. The summed E-state index contributed by atoms with van der Waals surface area (Å²) in [5.74, 6) is -1.68. The van der Waals surface area contributed by atoms with Gasteiger partial charge in [-0.1, -0.05) is 35.5 Å². The zero-order valence-electron chi connectivity index (χ0n) is 15.1. The Balaban J connectivity index is 1.46. The summed E-state index contributed by atoms with van der Waals surface area (Å²) in [7, 11) is 0. The van der Waals surface area contributed by atoms with Gasteiger partial charge in [-0.05, 0) is 17.7 Å². The number of hydrogen-bond donors (Lipinski definition) is 2. The molecule has 9 heteroatoms. The topological polar surface area (TPSA) is 130 Å². The van der Waals surface area contributed by atoms with Crippen molar-refractivity contribution >= 4 is 17.7 Å².